The number of likely N-dealkylation sites (N-methyl/N-ethyl adjacent to an activating group) is 1. The van der Waals surface area contributed by atoms with E-state index in [9.17, 15) is 0 Å². The first-order valence-corrected chi connectivity index (χ1v) is 7.60. The molecule has 3 rings (SSSR count). The summed E-state index contributed by atoms with van der Waals surface area (Å²) in [6.07, 6.45) is 0. The molecular formula is C18H23N3. The van der Waals surface area contributed by atoms with Crippen LogP contribution in [-0.4, -0.2) is 38.1 Å². The van der Waals surface area contributed by atoms with Crippen LogP contribution < -0.4 is 10.6 Å². The summed E-state index contributed by atoms with van der Waals surface area (Å²) >= 11 is 0. The second-order valence-electron chi connectivity index (χ2n) is 5.70. The van der Waals surface area contributed by atoms with Crippen molar-refractivity contribution < 1.29 is 0 Å². The van der Waals surface area contributed by atoms with Crippen LogP contribution in [0.2, 0.25) is 0 Å². The van der Waals surface area contributed by atoms with Gasteiger partial charge in [0.2, 0.25) is 0 Å². The maximum atomic E-state index is 5.87. The van der Waals surface area contributed by atoms with Gasteiger partial charge in [-0.25, -0.2) is 0 Å². The maximum absolute atomic E-state index is 5.87. The molecule has 2 aromatic carbocycles. The largest absolute Gasteiger partial charge is 0.369 e. The van der Waals surface area contributed by atoms with Gasteiger partial charge in [0, 0.05) is 38.4 Å². The molecule has 3 heteroatoms. The molecule has 0 amide bonds. The SMILES string of the molecule is CN1CCN(c2cccc(-c3ccccc3CN)c2)CC1. The Morgan fingerprint density at radius 2 is 1.71 bits per heavy atom. The Bertz CT molecular complexity index is 601. The molecule has 0 radical (unpaired) electrons. The third-order valence-electron chi connectivity index (χ3n) is 4.26. The molecule has 1 aliphatic heterocycles. The van der Waals surface area contributed by atoms with E-state index < -0.39 is 0 Å². The van der Waals surface area contributed by atoms with Gasteiger partial charge in [0.05, 0.1) is 0 Å². The van der Waals surface area contributed by atoms with Crippen molar-refractivity contribution >= 4 is 5.69 Å². The number of rotatable bonds is 3. The van der Waals surface area contributed by atoms with E-state index in [1.807, 2.05) is 0 Å². The first kappa shape index (κ1) is 14.1. The molecule has 2 aromatic rings. The van der Waals surface area contributed by atoms with Crippen LogP contribution in [0.3, 0.4) is 0 Å². The number of nitrogens with zero attached hydrogens (tertiary/aromatic N) is 2. The lowest BCUT2D eigenvalue weighted by Gasteiger charge is -2.34. The Morgan fingerprint density at radius 3 is 2.48 bits per heavy atom. The Hall–Kier alpha value is -1.84. The average Bonchev–Trinajstić information content (AvgIpc) is 2.55. The van der Waals surface area contributed by atoms with Gasteiger partial charge in [-0.2, -0.15) is 0 Å². The summed E-state index contributed by atoms with van der Waals surface area (Å²) in [6, 6.07) is 17.2. The Balaban J connectivity index is 1.89. The number of hydrogen-bond acceptors (Lipinski definition) is 3. The van der Waals surface area contributed by atoms with Crippen molar-refractivity contribution in [1.29, 1.82) is 0 Å². The first-order chi connectivity index (χ1) is 10.3. The zero-order valence-electron chi connectivity index (χ0n) is 12.6. The van der Waals surface area contributed by atoms with E-state index in [-0.39, 0.29) is 0 Å². The second-order valence-corrected chi connectivity index (χ2v) is 5.70. The summed E-state index contributed by atoms with van der Waals surface area (Å²) in [5.41, 5.74) is 10.9. The minimum Gasteiger partial charge on any atom is -0.369 e. The van der Waals surface area contributed by atoms with Crippen LogP contribution in [0.5, 0.6) is 0 Å². The predicted octanol–water partition coefficient (Wildman–Crippen LogP) is 2.56. The second kappa shape index (κ2) is 6.29. The number of piperazine rings is 1. The quantitative estimate of drug-likeness (QED) is 0.938. The predicted molar refractivity (Wildman–Crippen MR) is 89.5 cm³/mol. The highest BCUT2D eigenvalue weighted by Crippen LogP contribution is 2.27. The van der Waals surface area contributed by atoms with Crippen molar-refractivity contribution in [2.75, 3.05) is 38.1 Å². The molecule has 0 spiro atoms. The van der Waals surface area contributed by atoms with Crippen LogP contribution in [0.4, 0.5) is 5.69 Å². The Labute approximate surface area is 127 Å². The fourth-order valence-corrected chi connectivity index (χ4v) is 2.91. The summed E-state index contributed by atoms with van der Waals surface area (Å²) in [5, 5.41) is 0. The molecule has 0 atom stereocenters. The maximum Gasteiger partial charge on any atom is 0.0373 e. The molecule has 1 saturated heterocycles. The van der Waals surface area contributed by atoms with Gasteiger partial charge < -0.3 is 15.5 Å². The van der Waals surface area contributed by atoms with Crippen LogP contribution in [0.25, 0.3) is 11.1 Å². The summed E-state index contributed by atoms with van der Waals surface area (Å²) in [4.78, 5) is 4.85. The molecule has 0 unspecified atom stereocenters. The average molecular weight is 281 g/mol. The van der Waals surface area contributed by atoms with E-state index in [0.717, 1.165) is 26.2 Å². The number of hydrogen-bond donors (Lipinski definition) is 1. The Kier molecular flexibility index (Phi) is 4.23. The number of benzene rings is 2. The van der Waals surface area contributed by atoms with Crippen LogP contribution in [-0.2, 0) is 6.54 Å². The fourth-order valence-electron chi connectivity index (χ4n) is 2.91. The van der Waals surface area contributed by atoms with Gasteiger partial charge in [-0.05, 0) is 35.9 Å². The lowest BCUT2D eigenvalue weighted by Crippen LogP contribution is -2.44. The molecule has 0 saturated carbocycles. The van der Waals surface area contributed by atoms with E-state index in [0.29, 0.717) is 6.54 Å². The van der Waals surface area contributed by atoms with Crippen molar-refractivity contribution in [3.05, 3.63) is 54.1 Å². The highest BCUT2D eigenvalue weighted by Gasteiger charge is 2.14. The van der Waals surface area contributed by atoms with E-state index in [1.54, 1.807) is 0 Å². The summed E-state index contributed by atoms with van der Waals surface area (Å²) in [6.45, 7) is 5.03. The van der Waals surface area contributed by atoms with E-state index in [4.69, 9.17) is 5.73 Å². The van der Waals surface area contributed by atoms with Crippen LogP contribution in [0.15, 0.2) is 48.5 Å². The highest BCUT2D eigenvalue weighted by atomic mass is 15.2. The summed E-state index contributed by atoms with van der Waals surface area (Å²) in [5.74, 6) is 0. The standard InChI is InChI=1S/C18H23N3/c1-20-9-11-21(12-10-20)17-7-4-6-15(13-17)18-8-3-2-5-16(18)14-19/h2-8,13H,9-12,14,19H2,1H3. The molecule has 2 N–H and O–H groups in total. The van der Waals surface area contributed by atoms with E-state index in [2.05, 4.69) is 65.4 Å². The van der Waals surface area contributed by atoms with Gasteiger partial charge in [-0.3, -0.25) is 0 Å². The van der Waals surface area contributed by atoms with Gasteiger partial charge in [0.25, 0.3) is 0 Å². The minimum atomic E-state index is 0.578. The monoisotopic (exact) mass is 281 g/mol. The molecule has 1 fully saturated rings. The van der Waals surface area contributed by atoms with E-state index >= 15 is 0 Å². The zero-order valence-corrected chi connectivity index (χ0v) is 12.6. The van der Waals surface area contributed by atoms with Gasteiger partial charge >= 0.3 is 0 Å². The van der Waals surface area contributed by atoms with Gasteiger partial charge in [-0.15, -0.1) is 0 Å². The lowest BCUT2D eigenvalue weighted by molar-refractivity contribution is 0.313. The van der Waals surface area contributed by atoms with Crippen molar-refractivity contribution in [2.45, 2.75) is 6.54 Å². The van der Waals surface area contributed by atoms with Crippen molar-refractivity contribution in [3.63, 3.8) is 0 Å². The smallest absolute Gasteiger partial charge is 0.0373 e. The highest BCUT2D eigenvalue weighted by molar-refractivity contribution is 5.71. The normalized spacial score (nSPS) is 16.2. The third kappa shape index (κ3) is 3.09. The van der Waals surface area contributed by atoms with Crippen molar-refractivity contribution in [2.24, 2.45) is 5.73 Å². The molecule has 0 aliphatic carbocycles. The number of nitrogens with two attached hydrogens (primary N) is 1. The first-order valence-electron chi connectivity index (χ1n) is 7.60. The fraction of sp³-hybridized carbons (Fsp3) is 0.333. The summed E-state index contributed by atoms with van der Waals surface area (Å²) in [7, 11) is 2.19. The van der Waals surface area contributed by atoms with Crippen LogP contribution >= 0.6 is 0 Å². The molecule has 0 bridgehead atoms. The van der Waals surface area contributed by atoms with Crippen molar-refractivity contribution in [1.82, 2.24) is 4.90 Å². The molecule has 1 aliphatic rings. The van der Waals surface area contributed by atoms with Crippen LogP contribution in [0.1, 0.15) is 5.56 Å². The Morgan fingerprint density at radius 1 is 0.952 bits per heavy atom. The van der Waals surface area contributed by atoms with Gasteiger partial charge in [-0.1, -0.05) is 36.4 Å². The lowest BCUT2D eigenvalue weighted by atomic mass is 9.99. The molecule has 110 valence electrons. The topological polar surface area (TPSA) is 32.5 Å². The molecule has 0 aromatic heterocycles. The van der Waals surface area contributed by atoms with Crippen molar-refractivity contribution in [3.8, 4) is 11.1 Å². The molecule has 1 heterocycles. The molecule has 3 nitrogen and oxygen atoms in total. The van der Waals surface area contributed by atoms with Crippen LogP contribution in [0, 0.1) is 0 Å². The van der Waals surface area contributed by atoms with Gasteiger partial charge in [0.15, 0.2) is 0 Å². The van der Waals surface area contributed by atoms with Gasteiger partial charge in [0.1, 0.15) is 0 Å². The summed E-state index contributed by atoms with van der Waals surface area (Å²) < 4.78 is 0. The minimum absolute atomic E-state index is 0.578. The molecular weight excluding hydrogens is 258 g/mol. The number of anilines is 1. The van der Waals surface area contributed by atoms with E-state index in [1.165, 1.54) is 22.4 Å². The third-order valence-corrected chi connectivity index (χ3v) is 4.26. The zero-order chi connectivity index (χ0) is 14.7. The molecule has 21 heavy (non-hydrogen) atoms.